The fourth-order valence-electron chi connectivity index (χ4n) is 2.42. The van der Waals surface area contributed by atoms with Crippen LogP contribution in [0.1, 0.15) is 0 Å². The van der Waals surface area contributed by atoms with Crippen molar-refractivity contribution in [3.63, 3.8) is 0 Å². The van der Waals surface area contributed by atoms with Gasteiger partial charge >= 0.3 is 0 Å². The van der Waals surface area contributed by atoms with E-state index in [1.807, 2.05) is 12.4 Å². The number of aromatic amines is 2. The highest BCUT2D eigenvalue weighted by molar-refractivity contribution is 5.86. The molecule has 0 bridgehead atoms. The standard InChI is InChI=1S/C16H13N3/c1-2-14(10-16-11(1)5-7-18-16)19-13-3-4-15-12(9-13)6-8-17-15/h1-10,17-19H. The van der Waals surface area contributed by atoms with Crippen molar-refractivity contribution < 1.29 is 0 Å². The van der Waals surface area contributed by atoms with Crippen LogP contribution in [0.2, 0.25) is 0 Å². The molecule has 2 aromatic heterocycles. The third kappa shape index (κ3) is 1.76. The van der Waals surface area contributed by atoms with E-state index in [0.717, 1.165) is 22.4 Å². The largest absolute Gasteiger partial charge is 0.361 e. The Morgan fingerprint density at radius 2 is 1.37 bits per heavy atom. The van der Waals surface area contributed by atoms with Crippen LogP contribution in [-0.2, 0) is 0 Å². The predicted molar refractivity (Wildman–Crippen MR) is 79.9 cm³/mol. The van der Waals surface area contributed by atoms with E-state index in [9.17, 15) is 0 Å². The molecule has 92 valence electrons. The normalized spacial score (nSPS) is 11.2. The van der Waals surface area contributed by atoms with Crippen molar-refractivity contribution in [2.45, 2.75) is 0 Å². The van der Waals surface area contributed by atoms with Crippen LogP contribution < -0.4 is 5.32 Å². The molecule has 0 saturated heterocycles. The van der Waals surface area contributed by atoms with Crippen LogP contribution in [0.3, 0.4) is 0 Å². The summed E-state index contributed by atoms with van der Waals surface area (Å²) in [4.78, 5) is 6.42. The first-order valence-corrected chi connectivity index (χ1v) is 6.30. The van der Waals surface area contributed by atoms with E-state index in [0.29, 0.717) is 0 Å². The first-order chi connectivity index (χ1) is 9.38. The summed E-state index contributed by atoms with van der Waals surface area (Å²) in [6.45, 7) is 0. The zero-order valence-corrected chi connectivity index (χ0v) is 10.3. The van der Waals surface area contributed by atoms with Gasteiger partial charge in [-0.25, -0.2) is 0 Å². The molecule has 4 aromatic rings. The molecule has 0 fully saturated rings. The molecule has 0 saturated carbocycles. The van der Waals surface area contributed by atoms with Crippen LogP contribution in [0.25, 0.3) is 21.8 Å². The van der Waals surface area contributed by atoms with E-state index in [-0.39, 0.29) is 0 Å². The highest BCUT2D eigenvalue weighted by Gasteiger charge is 2.00. The third-order valence-electron chi connectivity index (χ3n) is 3.40. The molecule has 3 N–H and O–H groups in total. The van der Waals surface area contributed by atoms with Gasteiger partial charge in [0.2, 0.25) is 0 Å². The molecule has 0 radical (unpaired) electrons. The molecule has 0 amide bonds. The maximum atomic E-state index is 3.43. The molecule has 0 aliphatic carbocycles. The fourth-order valence-corrected chi connectivity index (χ4v) is 2.42. The Morgan fingerprint density at radius 3 is 2.32 bits per heavy atom. The average molecular weight is 247 g/mol. The number of fused-ring (bicyclic) bond motifs is 2. The molecule has 2 heterocycles. The second-order valence-corrected chi connectivity index (χ2v) is 4.68. The van der Waals surface area contributed by atoms with E-state index in [4.69, 9.17) is 0 Å². The Kier molecular flexibility index (Phi) is 2.12. The van der Waals surface area contributed by atoms with Crippen LogP contribution in [0.15, 0.2) is 60.9 Å². The van der Waals surface area contributed by atoms with Gasteiger partial charge in [0.15, 0.2) is 0 Å². The molecule has 2 aromatic carbocycles. The summed E-state index contributed by atoms with van der Waals surface area (Å²) < 4.78 is 0. The topological polar surface area (TPSA) is 43.6 Å². The monoisotopic (exact) mass is 247 g/mol. The van der Waals surface area contributed by atoms with Gasteiger partial charge in [-0.2, -0.15) is 0 Å². The minimum atomic E-state index is 1.09. The number of hydrogen-bond donors (Lipinski definition) is 3. The SMILES string of the molecule is c1cc2cc(Nc3ccc4cc[nH]c4c3)ccc2[nH]1. The molecule has 0 spiro atoms. The molecule has 0 aliphatic heterocycles. The average Bonchev–Trinajstić information content (AvgIpc) is 3.05. The summed E-state index contributed by atoms with van der Waals surface area (Å²) in [5.74, 6) is 0. The molecule has 0 atom stereocenters. The van der Waals surface area contributed by atoms with Gasteiger partial charge in [0.25, 0.3) is 0 Å². The van der Waals surface area contributed by atoms with Crippen molar-refractivity contribution >= 4 is 33.2 Å². The molecule has 0 aliphatic rings. The van der Waals surface area contributed by atoms with Gasteiger partial charge in [-0.3, -0.25) is 0 Å². The number of anilines is 2. The van der Waals surface area contributed by atoms with E-state index in [1.54, 1.807) is 0 Å². The number of nitrogens with one attached hydrogen (secondary N) is 3. The zero-order valence-electron chi connectivity index (χ0n) is 10.3. The molecular weight excluding hydrogens is 234 g/mol. The minimum absolute atomic E-state index is 1.09. The smallest absolute Gasteiger partial charge is 0.0474 e. The highest BCUT2D eigenvalue weighted by atomic mass is 14.9. The van der Waals surface area contributed by atoms with Crippen LogP contribution in [0, 0.1) is 0 Å². The molecule has 3 nitrogen and oxygen atoms in total. The zero-order chi connectivity index (χ0) is 12.7. The van der Waals surface area contributed by atoms with Crippen molar-refractivity contribution in [2.75, 3.05) is 5.32 Å². The van der Waals surface area contributed by atoms with Crippen molar-refractivity contribution in [2.24, 2.45) is 0 Å². The lowest BCUT2D eigenvalue weighted by Gasteiger charge is -2.06. The van der Waals surface area contributed by atoms with Gasteiger partial charge < -0.3 is 15.3 Å². The first-order valence-electron chi connectivity index (χ1n) is 6.30. The lowest BCUT2D eigenvalue weighted by Crippen LogP contribution is -1.89. The summed E-state index contributed by atoms with van der Waals surface area (Å²) in [6.07, 6.45) is 3.92. The molecule has 0 unspecified atom stereocenters. The van der Waals surface area contributed by atoms with Crippen LogP contribution >= 0.6 is 0 Å². The van der Waals surface area contributed by atoms with E-state index >= 15 is 0 Å². The van der Waals surface area contributed by atoms with Crippen molar-refractivity contribution in [3.05, 3.63) is 60.9 Å². The van der Waals surface area contributed by atoms with Crippen molar-refractivity contribution in [1.82, 2.24) is 9.97 Å². The molecule has 3 heteroatoms. The Bertz CT molecular complexity index is 782. The third-order valence-corrected chi connectivity index (χ3v) is 3.40. The maximum Gasteiger partial charge on any atom is 0.0474 e. The van der Waals surface area contributed by atoms with Gasteiger partial charge in [-0.15, -0.1) is 0 Å². The Balaban J connectivity index is 1.72. The summed E-state index contributed by atoms with van der Waals surface area (Å²) in [7, 11) is 0. The van der Waals surface area contributed by atoms with Gasteiger partial charge in [0.1, 0.15) is 0 Å². The second kappa shape index (κ2) is 3.92. The van der Waals surface area contributed by atoms with Crippen LogP contribution in [0.4, 0.5) is 11.4 Å². The van der Waals surface area contributed by atoms with E-state index in [1.165, 1.54) is 10.8 Å². The molecular formula is C16H13N3. The Hall–Kier alpha value is -2.68. The number of aromatic nitrogens is 2. The molecule has 4 rings (SSSR count). The Morgan fingerprint density at radius 1 is 0.632 bits per heavy atom. The summed E-state index contributed by atoms with van der Waals surface area (Å²) in [5.41, 5.74) is 4.49. The van der Waals surface area contributed by atoms with E-state index < -0.39 is 0 Å². The van der Waals surface area contributed by atoms with E-state index in [2.05, 4.69) is 63.8 Å². The Labute approximate surface area is 110 Å². The van der Waals surface area contributed by atoms with Crippen molar-refractivity contribution in [1.29, 1.82) is 0 Å². The van der Waals surface area contributed by atoms with Gasteiger partial charge in [0, 0.05) is 40.2 Å². The summed E-state index contributed by atoms with van der Waals surface area (Å²) >= 11 is 0. The quantitative estimate of drug-likeness (QED) is 0.483. The lowest BCUT2D eigenvalue weighted by molar-refractivity contribution is 1.47. The number of H-pyrrole nitrogens is 2. The van der Waals surface area contributed by atoms with Crippen molar-refractivity contribution in [3.8, 4) is 0 Å². The van der Waals surface area contributed by atoms with Crippen LogP contribution in [0.5, 0.6) is 0 Å². The predicted octanol–water partition coefficient (Wildman–Crippen LogP) is 4.39. The summed E-state index contributed by atoms with van der Waals surface area (Å²) in [6, 6.07) is 16.8. The van der Waals surface area contributed by atoms with Gasteiger partial charge in [-0.1, -0.05) is 6.07 Å². The number of rotatable bonds is 2. The summed E-state index contributed by atoms with van der Waals surface area (Å²) in [5, 5.41) is 5.88. The fraction of sp³-hybridized carbons (Fsp3) is 0. The molecule has 19 heavy (non-hydrogen) atoms. The minimum Gasteiger partial charge on any atom is -0.361 e. The lowest BCUT2D eigenvalue weighted by atomic mass is 10.2. The maximum absolute atomic E-state index is 3.43. The second-order valence-electron chi connectivity index (χ2n) is 4.68. The highest BCUT2D eigenvalue weighted by Crippen LogP contribution is 2.24. The number of benzene rings is 2. The first kappa shape index (κ1) is 10.3. The van der Waals surface area contributed by atoms with Gasteiger partial charge in [-0.05, 0) is 47.9 Å². The van der Waals surface area contributed by atoms with Gasteiger partial charge in [0.05, 0.1) is 0 Å². The van der Waals surface area contributed by atoms with Crippen LogP contribution in [-0.4, -0.2) is 9.97 Å². The number of hydrogen-bond acceptors (Lipinski definition) is 1.